The number of amides is 5. The Morgan fingerprint density at radius 2 is 0.899 bits per heavy atom. The number of hydrogen-bond donors (Lipinski definition) is 1. The summed E-state index contributed by atoms with van der Waals surface area (Å²) in [6, 6.07) is 0. The van der Waals surface area contributed by atoms with E-state index in [9.17, 15) is 24.0 Å². The van der Waals surface area contributed by atoms with Gasteiger partial charge < -0.3 is 72.0 Å². The first-order chi connectivity index (χ1) is 33.8. The van der Waals surface area contributed by atoms with Gasteiger partial charge in [-0.2, -0.15) is 0 Å². The first kappa shape index (κ1) is 62.3. The van der Waals surface area contributed by atoms with E-state index in [1.807, 2.05) is 0 Å². The highest BCUT2D eigenvalue weighted by Crippen LogP contribution is 2.21. The second-order valence-corrected chi connectivity index (χ2v) is 17.8. The van der Waals surface area contributed by atoms with Gasteiger partial charge in [0.15, 0.2) is 0 Å². The summed E-state index contributed by atoms with van der Waals surface area (Å²) >= 11 is 1.41. The largest absolute Gasteiger partial charge is 0.379 e. The molecule has 0 aromatic carbocycles. The van der Waals surface area contributed by atoms with Gasteiger partial charge in [0.1, 0.15) is 5.69 Å². The molecule has 0 atom stereocenters. The summed E-state index contributed by atoms with van der Waals surface area (Å²) in [5.41, 5.74) is 2.13. The van der Waals surface area contributed by atoms with Crippen LogP contribution in [0.5, 0.6) is 0 Å². The maximum Gasteiger partial charge on any atom is 0.273 e. The number of thiazole rings is 1. The Kier molecular flexibility index (Phi) is 40.6. The fraction of sp³-hybridized carbons (Fsp3) is 0.773. The van der Waals surface area contributed by atoms with Crippen molar-refractivity contribution in [1.82, 2.24) is 25.0 Å². The van der Waals surface area contributed by atoms with Crippen molar-refractivity contribution in [1.29, 1.82) is 0 Å². The lowest BCUT2D eigenvalue weighted by atomic mass is 10.3. The van der Waals surface area contributed by atoms with Gasteiger partial charge in [0, 0.05) is 75.7 Å². The molecule has 5 amide bonds. The number of carbonyl (C=O) groups excluding carboxylic acids is 5. The molecule has 0 saturated carbocycles. The second-order valence-electron chi connectivity index (χ2n) is 14.4. The van der Waals surface area contributed by atoms with E-state index in [-0.39, 0.29) is 30.7 Å². The first-order valence-corrected chi connectivity index (χ1v) is 26.6. The minimum absolute atomic E-state index is 0.0388. The quantitative estimate of drug-likeness (QED) is 0.0547. The summed E-state index contributed by atoms with van der Waals surface area (Å²) in [5, 5.41) is 4.43. The zero-order chi connectivity index (χ0) is 49.7. The van der Waals surface area contributed by atoms with Gasteiger partial charge >= 0.3 is 0 Å². The Labute approximate surface area is 418 Å². The minimum Gasteiger partial charge on any atom is -0.379 e. The smallest absolute Gasteiger partial charge is 0.273 e. The maximum absolute atomic E-state index is 12.3. The molecule has 0 spiro atoms. The Balaban J connectivity index is 1.15. The summed E-state index contributed by atoms with van der Waals surface area (Å²) in [7, 11) is 6.95. The topological polar surface area (TPSA) is 231 Å². The molecule has 1 aromatic rings. The van der Waals surface area contributed by atoms with E-state index in [2.05, 4.69) is 10.3 Å². The van der Waals surface area contributed by atoms with Crippen LogP contribution in [0.2, 0.25) is 0 Å². The molecule has 0 radical (unpaired) electrons. The van der Waals surface area contributed by atoms with Gasteiger partial charge in [0.2, 0.25) is 11.8 Å². The van der Waals surface area contributed by atoms with Gasteiger partial charge in [-0.25, -0.2) is 4.98 Å². The summed E-state index contributed by atoms with van der Waals surface area (Å²) < 4.78 is 65.9. The number of nitrogens with one attached hydrogen (secondary N) is 1. The highest BCUT2D eigenvalue weighted by molar-refractivity contribution is 8.76. The summed E-state index contributed by atoms with van der Waals surface area (Å²) in [6.45, 7) is 12.1. The standard InChI is InChI=1S/C44H75N5O17S3/c1-47(9-35-68-69-36-10-48(2)44(54)39-37-67-38-46-39)41(51)6-11-55-13-15-57-17-19-59-21-23-61-25-27-63-29-31-65-33-34-66-32-30-64-28-26-62-24-22-60-20-18-58-16-14-56-12-7-45-40(50)5-8-49-42(52)3-4-43(49)53/h3-4,37-38H,5-36H2,1-2H3,(H,45,50). The Hall–Kier alpha value is -2.86. The molecule has 2 rings (SSSR count). The monoisotopic (exact) mass is 1040 g/mol. The van der Waals surface area contributed by atoms with Crippen LogP contribution >= 0.6 is 32.9 Å². The molecule has 0 aliphatic carbocycles. The summed E-state index contributed by atoms with van der Waals surface area (Å²) in [6.07, 6.45) is 2.75. The van der Waals surface area contributed by atoms with Crippen LogP contribution in [0.15, 0.2) is 23.0 Å². The molecule has 1 aromatic heterocycles. The minimum atomic E-state index is -0.402. The second kappa shape index (κ2) is 45.0. The van der Waals surface area contributed by atoms with Crippen LogP contribution in [0.25, 0.3) is 0 Å². The van der Waals surface area contributed by atoms with Crippen LogP contribution < -0.4 is 5.32 Å². The van der Waals surface area contributed by atoms with Gasteiger partial charge in [-0.15, -0.1) is 11.3 Å². The molecular weight excluding hydrogens is 967 g/mol. The molecular formula is C44H75N5O17S3. The predicted molar refractivity (Wildman–Crippen MR) is 260 cm³/mol. The Morgan fingerprint density at radius 3 is 1.28 bits per heavy atom. The van der Waals surface area contributed by atoms with Crippen LogP contribution in [-0.4, -0.2) is 260 Å². The lowest BCUT2D eigenvalue weighted by molar-refractivity contribution is -0.137. The van der Waals surface area contributed by atoms with Crippen molar-refractivity contribution >= 4 is 62.5 Å². The van der Waals surface area contributed by atoms with E-state index in [1.165, 1.54) is 23.5 Å². The Bertz CT molecular complexity index is 1470. The Morgan fingerprint density at radius 1 is 0.536 bits per heavy atom. The van der Waals surface area contributed by atoms with Crippen molar-refractivity contribution in [2.75, 3.05) is 210 Å². The zero-order valence-corrected chi connectivity index (χ0v) is 42.8. The highest BCUT2D eigenvalue weighted by Gasteiger charge is 2.23. The van der Waals surface area contributed by atoms with Crippen molar-refractivity contribution < 1.29 is 80.8 Å². The molecule has 0 fully saturated rings. The van der Waals surface area contributed by atoms with Gasteiger partial charge in [-0.05, 0) is 0 Å². The van der Waals surface area contributed by atoms with E-state index in [1.54, 1.807) is 56.4 Å². The van der Waals surface area contributed by atoms with Gasteiger partial charge in [-0.3, -0.25) is 28.9 Å². The van der Waals surface area contributed by atoms with Crippen molar-refractivity contribution in [3.05, 3.63) is 28.7 Å². The fourth-order valence-electron chi connectivity index (χ4n) is 5.29. The van der Waals surface area contributed by atoms with Crippen molar-refractivity contribution in [2.24, 2.45) is 0 Å². The number of hydrogen-bond acceptors (Lipinski definition) is 21. The number of aromatic nitrogens is 1. The fourth-order valence-corrected chi connectivity index (χ4v) is 7.91. The number of ether oxygens (including phenoxy) is 12. The number of imide groups is 1. The molecule has 0 saturated heterocycles. The molecule has 1 N–H and O–H groups in total. The van der Waals surface area contributed by atoms with Crippen LogP contribution in [0.1, 0.15) is 23.3 Å². The van der Waals surface area contributed by atoms with E-state index in [4.69, 9.17) is 56.8 Å². The lowest BCUT2D eigenvalue weighted by Gasteiger charge is -2.17. The molecule has 2 heterocycles. The molecule has 22 nitrogen and oxygen atoms in total. The van der Waals surface area contributed by atoms with Crippen molar-refractivity contribution in [2.45, 2.75) is 12.8 Å². The molecule has 25 heteroatoms. The van der Waals surface area contributed by atoms with Gasteiger partial charge in [0.25, 0.3) is 17.7 Å². The van der Waals surface area contributed by atoms with Crippen molar-refractivity contribution in [3.63, 3.8) is 0 Å². The summed E-state index contributed by atoms with van der Waals surface area (Å²) in [4.78, 5) is 67.8. The molecule has 396 valence electrons. The van der Waals surface area contributed by atoms with Crippen LogP contribution in [0, 0.1) is 0 Å². The molecule has 0 unspecified atom stereocenters. The van der Waals surface area contributed by atoms with Crippen LogP contribution in [0.4, 0.5) is 0 Å². The lowest BCUT2D eigenvalue weighted by Crippen LogP contribution is -2.35. The molecule has 1 aliphatic heterocycles. The highest BCUT2D eigenvalue weighted by atomic mass is 33.1. The van der Waals surface area contributed by atoms with Gasteiger partial charge in [0.05, 0.1) is 170 Å². The third kappa shape index (κ3) is 35.8. The number of rotatable bonds is 50. The SMILES string of the molecule is CN(CCSSCCN(C)C(=O)c1cscn1)C(=O)CCOCCOCCOCCOCCOCCOCCOCCOCCOCCOCCOCCOCCNC(=O)CCN1C(=O)C=CC1=O. The first-order valence-electron chi connectivity index (χ1n) is 23.1. The normalized spacial score (nSPS) is 12.4. The van der Waals surface area contributed by atoms with Crippen LogP contribution in [0.3, 0.4) is 0 Å². The average Bonchev–Trinajstić information content (AvgIpc) is 4.01. The molecule has 0 bridgehead atoms. The molecule has 1 aliphatic rings. The summed E-state index contributed by atoms with van der Waals surface area (Å²) in [5.74, 6) is 0.509. The molecule has 69 heavy (non-hydrogen) atoms. The van der Waals surface area contributed by atoms with E-state index < -0.39 is 11.8 Å². The average molecular weight is 1040 g/mol. The zero-order valence-electron chi connectivity index (χ0n) is 40.4. The third-order valence-electron chi connectivity index (χ3n) is 9.11. The third-order valence-corrected chi connectivity index (χ3v) is 12.1. The predicted octanol–water partition coefficient (Wildman–Crippen LogP) is 1.08. The maximum atomic E-state index is 12.3. The van der Waals surface area contributed by atoms with Gasteiger partial charge in [-0.1, -0.05) is 21.6 Å². The number of nitrogens with zero attached hydrogens (tertiary/aromatic N) is 4. The van der Waals surface area contributed by atoms with Crippen LogP contribution in [-0.2, 0) is 76.0 Å². The number of carbonyl (C=O) groups is 5. The van der Waals surface area contributed by atoms with E-state index in [0.717, 1.165) is 16.4 Å². The van der Waals surface area contributed by atoms with E-state index >= 15 is 0 Å². The van der Waals surface area contributed by atoms with E-state index in [0.29, 0.717) is 190 Å². The van der Waals surface area contributed by atoms with Crippen molar-refractivity contribution in [3.8, 4) is 0 Å².